The van der Waals surface area contributed by atoms with Crippen LogP contribution in [0.5, 0.6) is 0 Å². The van der Waals surface area contributed by atoms with Crippen LogP contribution in [0.1, 0.15) is 38.2 Å². The van der Waals surface area contributed by atoms with Crippen LogP contribution in [0, 0.1) is 11.3 Å². The van der Waals surface area contributed by atoms with Crippen molar-refractivity contribution in [2.75, 3.05) is 25.5 Å². The van der Waals surface area contributed by atoms with Crippen LogP contribution in [-0.4, -0.2) is 30.9 Å². The van der Waals surface area contributed by atoms with Gasteiger partial charge in [0.1, 0.15) is 0 Å². The Morgan fingerprint density at radius 1 is 1.25 bits per heavy atom. The third-order valence-corrected chi connectivity index (χ3v) is 3.13. The lowest BCUT2D eigenvalue weighted by molar-refractivity contribution is -0.116. The van der Waals surface area contributed by atoms with Crippen LogP contribution in [0.25, 0.3) is 0 Å². The lowest BCUT2D eigenvalue weighted by atomic mass is 10.2. The van der Waals surface area contributed by atoms with Gasteiger partial charge < -0.3 is 10.2 Å². The Hall–Kier alpha value is -1.86. The van der Waals surface area contributed by atoms with Crippen molar-refractivity contribution in [3.05, 3.63) is 29.8 Å². The fourth-order valence-electron chi connectivity index (χ4n) is 1.90. The van der Waals surface area contributed by atoms with Crippen LogP contribution in [-0.2, 0) is 4.79 Å². The van der Waals surface area contributed by atoms with E-state index in [0.29, 0.717) is 12.0 Å². The molecule has 0 radical (unpaired) electrons. The van der Waals surface area contributed by atoms with E-state index in [0.717, 1.165) is 25.2 Å². The highest BCUT2D eigenvalue weighted by atomic mass is 16.1. The molecule has 0 aromatic heterocycles. The van der Waals surface area contributed by atoms with Gasteiger partial charge in [0.15, 0.2) is 0 Å². The molecule has 0 atom stereocenters. The number of unbranched alkanes of at least 4 members (excludes halogenated alkanes) is 1. The van der Waals surface area contributed by atoms with Gasteiger partial charge in [0.2, 0.25) is 5.91 Å². The lowest BCUT2D eigenvalue weighted by Crippen LogP contribution is -2.22. The van der Waals surface area contributed by atoms with Crippen molar-refractivity contribution in [1.29, 1.82) is 5.26 Å². The summed E-state index contributed by atoms with van der Waals surface area (Å²) in [6.45, 7) is 4.22. The van der Waals surface area contributed by atoms with E-state index >= 15 is 0 Å². The summed E-state index contributed by atoms with van der Waals surface area (Å²) in [6.07, 6.45) is 3.79. The summed E-state index contributed by atoms with van der Waals surface area (Å²) in [5, 5.41) is 11.5. The number of nitrogens with zero attached hydrogens (tertiary/aromatic N) is 2. The van der Waals surface area contributed by atoms with Gasteiger partial charge in [0.25, 0.3) is 0 Å². The van der Waals surface area contributed by atoms with Crippen molar-refractivity contribution in [3.8, 4) is 6.07 Å². The molecule has 1 amide bonds. The molecule has 0 fully saturated rings. The second kappa shape index (κ2) is 9.11. The molecule has 108 valence electrons. The third-order valence-electron chi connectivity index (χ3n) is 3.13. The Balaban J connectivity index is 2.24. The fraction of sp³-hybridized carbons (Fsp3) is 0.500. The van der Waals surface area contributed by atoms with Crippen molar-refractivity contribution >= 4 is 11.6 Å². The summed E-state index contributed by atoms with van der Waals surface area (Å²) in [5.41, 5.74) is 1.34. The monoisotopic (exact) mass is 273 g/mol. The van der Waals surface area contributed by atoms with Crippen LogP contribution in [0.3, 0.4) is 0 Å². The molecule has 0 bridgehead atoms. The topological polar surface area (TPSA) is 56.1 Å². The maximum atomic E-state index is 11.8. The van der Waals surface area contributed by atoms with Crippen molar-refractivity contribution < 1.29 is 4.79 Å². The molecule has 0 heterocycles. The zero-order valence-corrected chi connectivity index (χ0v) is 12.4. The Morgan fingerprint density at radius 3 is 2.50 bits per heavy atom. The Bertz CT molecular complexity index is 448. The largest absolute Gasteiger partial charge is 0.326 e. The minimum absolute atomic E-state index is 0.0265. The average Bonchev–Trinajstić information content (AvgIpc) is 2.46. The number of carbonyl (C=O) groups is 1. The van der Waals surface area contributed by atoms with Crippen molar-refractivity contribution in [3.63, 3.8) is 0 Å². The molecule has 20 heavy (non-hydrogen) atoms. The number of nitriles is 1. The molecule has 0 saturated heterocycles. The average molecular weight is 273 g/mol. The smallest absolute Gasteiger partial charge is 0.224 e. The quantitative estimate of drug-likeness (QED) is 0.792. The maximum Gasteiger partial charge on any atom is 0.224 e. The highest BCUT2D eigenvalue weighted by Crippen LogP contribution is 2.09. The second-order valence-corrected chi connectivity index (χ2v) is 5.00. The van der Waals surface area contributed by atoms with Crippen LogP contribution in [0.4, 0.5) is 5.69 Å². The van der Waals surface area contributed by atoms with Crippen LogP contribution in [0.15, 0.2) is 24.3 Å². The number of benzene rings is 1. The zero-order chi connectivity index (χ0) is 14.8. The second-order valence-electron chi connectivity index (χ2n) is 5.00. The van der Waals surface area contributed by atoms with Crippen LogP contribution >= 0.6 is 0 Å². The van der Waals surface area contributed by atoms with E-state index in [1.807, 2.05) is 0 Å². The van der Waals surface area contributed by atoms with Gasteiger partial charge in [-0.1, -0.05) is 13.3 Å². The van der Waals surface area contributed by atoms with Crippen molar-refractivity contribution in [2.24, 2.45) is 0 Å². The third kappa shape index (κ3) is 6.35. The molecule has 4 nitrogen and oxygen atoms in total. The van der Waals surface area contributed by atoms with Gasteiger partial charge in [0.05, 0.1) is 11.6 Å². The Morgan fingerprint density at radius 2 is 1.90 bits per heavy atom. The first-order chi connectivity index (χ1) is 9.65. The van der Waals surface area contributed by atoms with Gasteiger partial charge in [-0.3, -0.25) is 4.79 Å². The zero-order valence-electron chi connectivity index (χ0n) is 12.4. The number of hydrogen-bond donors (Lipinski definition) is 1. The molecular formula is C16H23N3O. The molecule has 1 aromatic rings. The first kappa shape index (κ1) is 16.2. The summed E-state index contributed by atoms with van der Waals surface area (Å²) in [5.74, 6) is 0.0265. The number of hydrogen-bond acceptors (Lipinski definition) is 3. The van der Waals surface area contributed by atoms with E-state index in [4.69, 9.17) is 5.26 Å². The molecule has 0 aliphatic heterocycles. The summed E-state index contributed by atoms with van der Waals surface area (Å²) >= 11 is 0. The fourth-order valence-corrected chi connectivity index (χ4v) is 1.90. The van der Waals surface area contributed by atoms with Gasteiger partial charge in [-0.05, 0) is 57.2 Å². The molecule has 0 saturated carbocycles. The summed E-state index contributed by atoms with van der Waals surface area (Å²) in [4.78, 5) is 14.0. The van der Waals surface area contributed by atoms with Crippen molar-refractivity contribution in [1.82, 2.24) is 4.90 Å². The predicted octanol–water partition coefficient (Wildman–Crippen LogP) is 3.01. The molecule has 0 unspecified atom stereocenters. The lowest BCUT2D eigenvalue weighted by Gasteiger charge is -2.15. The van der Waals surface area contributed by atoms with E-state index in [-0.39, 0.29) is 5.91 Å². The van der Waals surface area contributed by atoms with E-state index < -0.39 is 0 Å². The van der Waals surface area contributed by atoms with Crippen LogP contribution < -0.4 is 5.32 Å². The normalized spacial score (nSPS) is 10.3. The summed E-state index contributed by atoms with van der Waals surface area (Å²) < 4.78 is 0. The minimum atomic E-state index is 0.0265. The Kier molecular flexibility index (Phi) is 7.38. The van der Waals surface area contributed by atoms with E-state index in [2.05, 4.69) is 30.3 Å². The van der Waals surface area contributed by atoms with Gasteiger partial charge in [-0.15, -0.1) is 0 Å². The molecule has 1 N–H and O–H groups in total. The van der Waals surface area contributed by atoms with E-state index in [9.17, 15) is 4.79 Å². The standard InChI is InChI=1S/C16H23N3O/c1-3-4-11-19(2)12-5-6-16(20)18-15-9-7-14(13-17)8-10-15/h7-10H,3-6,11-12H2,1-2H3,(H,18,20). The molecular weight excluding hydrogens is 250 g/mol. The van der Waals surface area contributed by atoms with Crippen molar-refractivity contribution in [2.45, 2.75) is 32.6 Å². The van der Waals surface area contributed by atoms with Gasteiger partial charge in [0, 0.05) is 12.1 Å². The first-order valence-electron chi connectivity index (χ1n) is 7.14. The molecule has 0 aliphatic rings. The molecule has 1 rings (SSSR count). The SMILES string of the molecule is CCCCN(C)CCCC(=O)Nc1ccc(C#N)cc1. The van der Waals surface area contributed by atoms with Gasteiger partial charge in [-0.25, -0.2) is 0 Å². The summed E-state index contributed by atoms with van der Waals surface area (Å²) in [6, 6.07) is 8.97. The Labute approximate surface area is 121 Å². The van der Waals surface area contributed by atoms with Crippen LogP contribution in [0.2, 0.25) is 0 Å². The predicted molar refractivity (Wildman–Crippen MR) is 81.4 cm³/mol. The molecule has 0 aliphatic carbocycles. The number of carbonyl (C=O) groups excluding carboxylic acids is 1. The van der Waals surface area contributed by atoms with Gasteiger partial charge >= 0.3 is 0 Å². The summed E-state index contributed by atoms with van der Waals surface area (Å²) in [7, 11) is 2.09. The highest BCUT2D eigenvalue weighted by molar-refractivity contribution is 5.90. The number of nitrogens with one attached hydrogen (secondary N) is 1. The molecule has 1 aromatic carbocycles. The van der Waals surface area contributed by atoms with E-state index in [1.165, 1.54) is 12.8 Å². The molecule has 4 heteroatoms. The number of anilines is 1. The number of rotatable bonds is 8. The van der Waals surface area contributed by atoms with Gasteiger partial charge in [-0.2, -0.15) is 5.26 Å². The molecule has 0 spiro atoms. The minimum Gasteiger partial charge on any atom is -0.326 e. The number of amides is 1. The van der Waals surface area contributed by atoms with E-state index in [1.54, 1.807) is 24.3 Å². The maximum absolute atomic E-state index is 11.8. The highest BCUT2D eigenvalue weighted by Gasteiger charge is 2.04. The first-order valence-corrected chi connectivity index (χ1v) is 7.14.